The van der Waals surface area contributed by atoms with Crippen molar-refractivity contribution in [3.63, 3.8) is 0 Å². The van der Waals surface area contributed by atoms with Crippen LogP contribution in [-0.4, -0.2) is 21.7 Å². The van der Waals surface area contributed by atoms with Gasteiger partial charge in [-0.05, 0) is 35.8 Å². The molecule has 37 heavy (non-hydrogen) atoms. The molecule has 0 amide bonds. The Morgan fingerprint density at radius 3 is 2.03 bits per heavy atom. The molecule has 0 saturated carbocycles. The summed E-state index contributed by atoms with van der Waals surface area (Å²) in [6, 6.07) is 38.2. The van der Waals surface area contributed by atoms with Crippen LogP contribution in [0, 0.1) is 0 Å². The molecule has 0 aliphatic rings. The smallest absolute Gasteiger partial charge is 0.311 e. The van der Waals surface area contributed by atoms with E-state index in [1.807, 2.05) is 121 Å². The quantitative estimate of drug-likeness (QED) is 0.137. The highest BCUT2D eigenvalue weighted by atomic mass is 32.1. The fourth-order valence-electron chi connectivity index (χ4n) is 3.59. The second-order valence-electron chi connectivity index (χ2n) is 7.90. The third-order valence-electron chi connectivity index (χ3n) is 5.42. The van der Waals surface area contributed by atoms with Crippen molar-refractivity contribution >= 4 is 30.2 Å². The SMILES string of the molecule is COP(=O)(/N=c1/sn(-c2ccccc2)nc1-c1ccccc1)/C(=N/Nc1ccccc1)c1ccccc1. The number of aromatic nitrogens is 2. The minimum absolute atomic E-state index is 0.207. The van der Waals surface area contributed by atoms with E-state index >= 15 is 0 Å². The largest absolute Gasteiger partial charge is 0.366 e. The number of rotatable bonds is 8. The first-order chi connectivity index (χ1) is 18.2. The van der Waals surface area contributed by atoms with Crippen LogP contribution >= 0.6 is 19.1 Å². The summed E-state index contributed by atoms with van der Waals surface area (Å²) in [6.07, 6.45) is 0. The molecule has 0 bridgehead atoms. The van der Waals surface area contributed by atoms with Gasteiger partial charge in [-0.2, -0.15) is 19.0 Å². The van der Waals surface area contributed by atoms with Gasteiger partial charge in [0.2, 0.25) is 0 Å². The van der Waals surface area contributed by atoms with Gasteiger partial charge in [0.05, 0.1) is 11.4 Å². The Hall–Kier alpha value is -4.10. The van der Waals surface area contributed by atoms with Crippen molar-refractivity contribution in [2.45, 2.75) is 0 Å². The molecule has 5 rings (SSSR count). The second kappa shape index (κ2) is 11.3. The lowest BCUT2D eigenvalue weighted by atomic mass is 10.2. The van der Waals surface area contributed by atoms with Crippen LogP contribution in [0.2, 0.25) is 0 Å². The summed E-state index contributed by atoms with van der Waals surface area (Å²) >= 11 is 1.29. The number of nitrogens with zero attached hydrogens (tertiary/aromatic N) is 4. The molecule has 1 atom stereocenters. The number of hydrogen-bond acceptors (Lipinski definition) is 6. The van der Waals surface area contributed by atoms with Crippen LogP contribution in [-0.2, 0) is 9.09 Å². The summed E-state index contributed by atoms with van der Waals surface area (Å²) in [4.78, 5) is 0. The van der Waals surface area contributed by atoms with Gasteiger partial charge < -0.3 is 4.52 Å². The van der Waals surface area contributed by atoms with E-state index in [1.165, 1.54) is 18.6 Å². The zero-order valence-electron chi connectivity index (χ0n) is 20.0. The van der Waals surface area contributed by atoms with Gasteiger partial charge in [0.15, 0.2) is 10.1 Å². The molecule has 0 fully saturated rings. The first-order valence-corrected chi connectivity index (χ1v) is 13.9. The Morgan fingerprint density at radius 1 is 0.838 bits per heavy atom. The Labute approximate surface area is 219 Å². The van der Waals surface area contributed by atoms with E-state index in [2.05, 4.69) is 10.5 Å². The third kappa shape index (κ3) is 5.67. The zero-order chi connectivity index (χ0) is 25.5. The predicted octanol–water partition coefficient (Wildman–Crippen LogP) is 6.81. The second-order valence-corrected chi connectivity index (χ2v) is 10.8. The van der Waals surface area contributed by atoms with Crippen molar-refractivity contribution < 1.29 is 9.09 Å². The van der Waals surface area contributed by atoms with Crippen LogP contribution in [0.3, 0.4) is 0 Å². The van der Waals surface area contributed by atoms with E-state index in [9.17, 15) is 4.57 Å². The summed E-state index contributed by atoms with van der Waals surface area (Å²) in [7, 11) is -2.46. The van der Waals surface area contributed by atoms with Crippen LogP contribution in [0.4, 0.5) is 5.69 Å². The van der Waals surface area contributed by atoms with Gasteiger partial charge in [-0.1, -0.05) is 97.1 Å². The molecule has 184 valence electrons. The predicted molar refractivity (Wildman–Crippen MR) is 150 cm³/mol. The maximum Gasteiger partial charge on any atom is 0.366 e. The Morgan fingerprint density at radius 2 is 1.41 bits per heavy atom. The fraction of sp³-hybridized carbons (Fsp3) is 0.0357. The topological polar surface area (TPSA) is 80.9 Å². The molecule has 9 heteroatoms. The van der Waals surface area contributed by atoms with Gasteiger partial charge in [0.25, 0.3) is 0 Å². The molecule has 1 heterocycles. The van der Waals surface area contributed by atoms with Crippen molar-refractivity contribution in [1.29, 1.82) is 0 Å². The van der Waals surface area contributed by atoms with Crippen molar-refractivity contribution in [3.05, 3.63) is 132 Å². The Kier molecular flexibility index (Phi) is 7.51. The first kappa shape index (κ1) is 24.6. The number of anilines is 1. The van der Waals surface area contributed by atoms with E-state index < -0.39 is 7.52 Å². The van der Waals surface area contributed by atoms with E-state index in [4.69, 9.17) is 14.4 Å². The fourth-order valence-corrected chi connectivity index (χ4v) is 6.15. The Balaban J connectivity index is 1.68. The van der Waals surface area contributed by atoms with Gasteiger partial charge in [-0.25, -0.2) is 0 Å². The zero-order valence-corrected chi connectivity index (χ0v) is 21.7. The van der Waals surface area contributed by atoms with Crippen molar-refractivity contribution in [2.75, 3.05) is 12.5 Å². The van der Waals surface area contributed by atoms with Crippen LogP contribution in [0.5, 0.6) is 0 Å². The minimum atomic E-state index is -3.85. The molecule has 4 aromatic carbocycles. The Bertz CT molecular complexity index is 1600. The molecule has 0 saturated heterocycles. The summed E-state index contributed by atoms with van der Waals surface area (Å²) in [5.41, 5.74) is 6.94. The molecule has 7 nitrogen and oxygen atoms in total. The van der Waals surface area contributed by atoms with Gasteiger partial charge in [-0.15, -0.1) is 0 Å². The number of hydrazone groups is 1. The highest BCUT2D eigenvalue weighted by Gasteiger charge is 2.31. The molecule has 5 aromatic rings. The molecule has 0 aliphatic carbocycles. The molecule has 1 aromatic heterocycles. The average Bonchev–Trinajstić information content (AvgIpc) is 3.38. The highest BCUT2D eigenvalue weighted by molar-refractivity contribution is 7.76. The van der Waals surface area contributed by atoms with Crippen molar-refractivity contribution in [2.24, 2.45) is 9.86 Å². The average molecular weight is 526 g/mol. The number of hydrogen-bond donors (Lipinski definition) is 1. The van der Waals surface area contributed by atoms with Crippen molar-refractivity contribution in [3.8, 4) is 16.9 Å². The standard InChI is InChI=1S/C28H24N5O2PS/c1-35-36(34,27(23-16-8-3-9-17-23)30-29-24-18-10-4-11-19-24)32-28-26(22-14-6-2-7-15-22)31-33(37-28)25-20-12-5-13-21-25/h2-21,29H,1H3/b30-27+,32-28+. The maximum atomic E-state index is 14.4. The maximum absolute atomic E-state index is 14.4. The van der Waals surface area contributed by atoms with Crippen molar-refractivity contribution in [1.82, 2.24) is 9.17 Å². The van der Waals surface area contributed by atoms with Crippen LogP contribution in [0.25, 0.3) is 16.9 Å². The molecular weight excluding hydrogens is 501 g/mol. The van der Waals surface area contributed by atoms with Crippen LogP contribution in [0.1, 0.15) is 5.56 Å². The van der Waals surface area contributed by atoms with Crippen LogP contribution < -0.4 is 10.1 Å². The first-order valence-electron chi connectivity index (χ1n) is 11.5. The minimum Gasteiger partial charge on any atom is -0.311 e. The monoisotopic (exact) mass is 525 g/mol. The number of benzene rings is 4. The lowest BCUT2D eigenvalue weighted by molar-refractivity contribution is 0.406. The molecule has 0 spiro atoms. The lowest BCUT2D eigenvalue weighted by Gasteiger charge is -2.14. The summed E-state index contributed by atoms with van der Waals surface area (Å²) < 4.78 is 27.0. The number of nitrogens with one attached hydrogen (secondary N) is 1. The number of para-hydroxylation sites is 2. The van der Waals surface area contributed by atoms with E-state index in [0.29, 0.717) is 15.9 Å². The summed E-state index contributed by atoms with van der Waals surface area (Å²) in [5, 5.41) is 9.34. The molecule has 0 aliphatic heterocycles. The van der Waals surface area contributed by atoms with Crippen LogP contribution in [0.15, 0.2) is 131 Å². The van der Waals surface area contributed by atoms with Gasteiger partial charge in [0.1, 0.15) is 5.69 Å². The van der Waals surface area contributed by atoms with E-state index in [1.54, 1.807) is 4.07 Å². The highest BCUT2D eigenvalue weighted by Crippen LogP contribution is 2.51. The molecule has 0 radical (unpaired) electrons. The third-order valence-corrected chi connectivity index (χ3v) is 8.33. The lowest BCUT2D eigenvalue weighted by Crippen LogP contribution is -2.09. The van der Waals surface area contributed by atoms with E-state index in [-0.39, 0.29) is 5.45 Å². The molecular formula is C28H24N5O2PS. The normalized spacial score (nSPS) is 13.8. The molecule has 1 N–H and O–H groups in total. The summed E-state index contributed by atoms with van der Waals surface area (Å²) in [5.74, 6) is 0. The van der Waals surface area contributed by atoms with Gasteiger partial charge in [0, 0.05) is 18.2 Å². The van der Waals surface area contributed by atoms with Gasteiger partial charge in [-0.3, -0.25) is 9.99 Å². The van der Waals surface area contributed by atoms with E-state index in [0.717, 1.165) is 16.9 Å². The van der Waals surface area contributed by atoms with Gasteiger partial charge >= 0.3 is 7.52 Å². The summed E-state index contributed by atoms with van der Waals surface area (Å²) in [6.45, 7) is 0. The molecule has 1 unspecified atom stereocenters.